The lowest BCUT2D eigenvalue weighted by Gasteiger charge is -2.38. The van der Waals surface area contributed by atoms with Gasteiger partial charge in [-0.2, -0.15) is 0 Å². The Hall–Kier alpha value is -4.06. The third-order valence-corrected chi connectivity index (χ3v) is 5.59. The molecular weight excluding hydrogens is 408 g/mol. The van der Waals surface area contributed by atoms with E-state index in [4.69, 9.17) is 14.2 Å². The Morgan fingerprint density at radius 1 is 0.844 bits per heavy atom. The molecule has 0 spiro atoms. The third-order valence-electron chi connectivity index (χ3n) is 5.59. The molecule has 1 aliphatic rings. The van der Waals surface area contributed by atoms with Gasteiger partial charge in [0.05, 0.1) is 31.3 Å². The average Bonchev–Trinajstić information content (AvgIpc) is 2.97. The summed E-state index contributed by atoms with van der Waals surface area (Å²) in [5, 5.41) is 11.3. The first kappa shape index (κ1) is 21.2. The van der Waals surface area contributed by atoms with Crippen LogP contribution in [0.15, 0.2) is 90.5 Å². The van der Waals surface area contributed by atoms with Crippen LogP contribution in [0.4, 0.5) is 0 Å². The molecule has 0 unspecified atom stereocenters. The average molecular weight is 430 g/mol. The van der Waals surface area contributed by atoms with Gasteiger partial charge in [0, 0.05) is 5.56 Å². The van der Waals surface area contributed by atoms with Crippen LogP contribution in [0.1, 0.15) is 22.6 Å². The van der Waals surface area contributed by atoms with E-state index in [0.29, 0.717) is 11.1 Å². The van der Waals surface area contributed by atoms with Crippen molar-refractivity contribution in [2.75, 3.05) is 14.2 Å². The summed E-state index contributed by atoms with van der Waals surface area (Å²) in [6.45, 7) is 0. The van der Waals surface area contributed by atoms with Crippen LogP contribution in [0.3, 0.4) is 0 Å². The van der Waals surface area contributed by atoms with E-state index in [1.807, 2.05) is 12.1 Å². The number of rotatable bonds is 4. The molecule has 0 radical (unpaired) electrons. The highest BCUT2D eigenvalue weighted by atomic mass is 16.6. The minimum atomic E-state index is -1.82. The standard InChI is InChI=1S/C26H22O6/c1-30-24(28)21-22(17-11-5-3-6-12-17)26(25(29)31-2,18-13-7-4-8-14-18)32-20-16-10-9-15-19(20)23(21)27/h3-16,22,27H,1-2H3/t22-,26+/m1/s1. The van der Waals surface area contributed by atoms with Crippen molar-refractivity contribution in [1.29, 1.82) is 0 Å². The zero-order valence-corrected chi connectivity index (χ0v) is 17.6. The van der Waals surface area contributed by atoms with Gasteiger partial charge in [-0.3, -0.25) is 0 Å². The molecule has 0 fully saturated rings. The van der Waals surface area contributed by atoms with Crippen molar-refractivity contribution in [3.8, 4) is 5.75 Å². The Balaban J connectivity index is 2.18. The number of benzene rings is 3. The summed E-state index contributed by atoms with van der Waals surface area (Å²) in [6.07, 6.45) is 0. The van der Waals surface area contributed by atoms with Gasteiger partial charge >= 0.3 is 11.9 Å². The summed E-state index contributed by atoms with van der Waals surface area (Å²) in [5.41, 5.74) is -0.608. The van der Waals surface area contributed by atoms with Crippen LogP contribution in [-0.2, 0) is 24.7 Å². The molecule has 0 bridgehead atoms. The number of carbonyl (C=O) groups is 2. The quantitative estimate of drug-likeness (QED) is 0.619. The number of carbonyl (C=O) groups excluding carboxylic acids is 2. The first-order chi connectivity index (χ1) is 15.5. The maximum Gasteiger partial charge on any atom is 0.356 e. The number of para-hydroxylation sites is 1. The first-order valence-electron chi connectivity index (χ1n) is 10.0. The predicted molar refractivity (Wildman–Crippen MR) is 118 cm³/mol. The van der Waals surface area contributed by atoms with Crippen LogP contribution in [0.2, 0.25) is 0 Å². The van der Waals surface area contributed by atoms with E-state index in [-0.39, 0.29) is 22.6 Å². The number of fused-ring (bicyclic) bond motifs is 1. The molecule has 1 aliphatic heterocycles. The Morgan fingerprint density at radius 2 is 1.44 bits per heavy atom. The van der Waals surface area contributed by atoms with Gasteiger partial charge in [-0.05, 0) is 17.7 Å². The molecule has 162 valence electrons. The summed E-state index contributed by atoms with van der Waals surface area (Å²) in [7, 11) is 2.49. The highest BCUT2D eigenvalue weighted by Crippen LogP contribution is 2.51. The van der Waals surface area contributed by atoms with Crippen molar-refractivity contribution in [1.82, 2.24) is 0 Å². The van der Waals surface area contributed by atoms with Crippen LogP contribution < -0.4 is 4.74 Å². The maximum atomic E-state index is 13.6. The maximum absolute atomic E-state index is 13.6. The van der Waals surface area contributed by atoms with Crippen molar-refractivity contribution >= 4 is 17.7 Å². The Bertz CT molecular complexity index is 1170. The molecular formula is C26H22O6. The van der Waals surface area contributed by atoms with Gasteiger partial charge in [-0.15, -0.1) is 0 Å². The number of ether oxygens (including phenoxy) is 3. The number of aliphatic hydroxyl groups excluding tert-OH is 1. The van der Waals surface area contributed by atoms with E-state index in [1.54, 1.807) is 72.8 Å². The fourth-order valence-corrected chi connectivity index (χ4v) is 4.18. The van der Waals surface area contributed by atoms with Crippen molar-refractivity contribution in [3.63, 3.8) is 0 Å². The highest BCUT2D eigenvalue weighted by molar-refractivity contribution is 6.01. The van der Waals surface area contributed by atoms with Gasteiger partial charge in [0.2, 0.25) is 5.60 Å². The normalized spacial score (nSPS) is 19.9. The third kappa shape index (κ3) is 3.30. The van der Waals surface area contributed by atoms with Crippen LogP contribution >= 0.6 is 0 Å². The minimum Gasteiger partial charge on any atom is -0.507 e. The number of hydrogen-bond donors (Lipinski definition) is 1. The molecule has 0 saturated carbocycles. The van der Waals surface area contributed by atoms with Gasteiger partial charge < -0.3 is 19.3 Å². The molecule has 0 aliphatic carbocycles. The molecule has 6 nitrogen and oxygen atoms in total. The fourth-order valence-electron chi connectivity index (χ4n) is 4.18. The molecule has 3 aromatic carbocycles. The molecule has 0 saturated heterocycles. The Kier molecular flexibility index (Phi) is 5.69. The summed E-state index contributed by atoms with van der Waals surface area (Å²) < 4.78 is 16.8. The lowest BCUT2D eigenvalue weighted by molar-refractivity contribution is -0.162. The predicted octanol–water partition coefficient (Wildman–Crippen LogP) is 4.37. The molecule has 1 N–H and O–H groups in total. The number of methoxy groups -OCH3 is 2. The minimum absolute atomic E-state index is 0.0992. The van der Waals surface area contributed by atoms with Crippen LogP contribution in [0, 0.1) is 0 Å². The van der Waals surface area contributed by atoms with Gasteiger partial charge in [0.1, 0.15) is 11.5 Å². The zero-order chi connectivity index (χ0) is 22.7. The largest absolute Gasteiger partial charge is 0.507 e. The molecule has 0 amide bonds. The van der Waals surface area contributed by atoms with E-state index in [2.05, 4.69) is 0 Å². The number of hydrogen-bond acceptors (Lipinski definition) is 6. The first-order valence-corrected chi connectivity index (χ1v) is 10.0. The van der Waals surface area contributed by atoms with E-state index in [0.717, 1.165) is 0 Å². The highest BCUT2D eigenvalue weighted by Gasteiger charge is 2.57. The van der Waals surface area contributed by atoms with E-state index in [9.17, 15) is 14.7 Å². The second kappa shape index (κ2) is 8.59. The number of aliphatic hydroxyl groups is 1. The fraction of sp³-hybridized carbons (Fsp3) is 0.154. The van der Waals surface area contributed by atoms with E-state index < -0.39 is 23.5 Å². The lowest BCUT2D eigenvalue weighted by atomic mass is 9.72. The van der Waals surface area contributed by atoms with Crippen molar-refractivity contribution < 1.29 is 28.9 Å². The monoisotopic (exact) mass is 430 g/mol. The summed E-state index contributed by atoms with van der Waals surface area (Å²) >= 11 is 0. The van der Waals surface area contributed by atoms with E-state index >= 15 is 0 Å². The van der Waals surface area contributed by atoms with Gasteiger partial charge in [0.15, 0.2) is 0 Å². The van der Waals surface area contributed by atoms with Gasteiger partial charge in [-0.25, -0.2) is 9.59 Å². The van der Waals surface area contributed by atoms with Crippen molar-refractivity contribution in [3.05, 3.63) is 107 Å². The van der Waals surface area contributed by atoms with Gasteiger partial charge in [0.25, 0.3) is 0 Å². The van der Waals surface area contributed by atoms with Crippen LogP contribution in [0.5, 0.6) is 5.75 Å². The second-order valence-electron chi connectivity index (χ2n) is 7.29. The lowest BCUT2D eigenvalue weighted by Crippen LogP contribution is -2.49. The second-order valence-corrected chi connectivity index (χ2v) is 7.29. The van der Waals surface area contributed by atoms with Crippen LogP contribution in [0.25, 0.3) is 5.76 Å². The Morgan fingerprint density at radius 3 is 2.06 bits per heavy atom. The summed E-state index contributed by atoms with van der Waals surface area (Å²) in [4.78, 5) is 26.7. The number of esters is 2. The van der Waals surface area contributed by atoms with E-state index in [1.165, 1.54) is 14.2 Å². The molecule has 4 rings (SSSR count). The molecule has 6 heteroatoms. The molecule has 2 atom stereocenters. The van der Waals surface area contributed by atoms with Crippen LogP contribution in [-0.4, -0.2) is 31.3 Å². The molecule has 0 aromatic heterocycles. The zero-order valence-electron chi connectivity index (χ0n) is 17.6. The molecule has 1 heterocycles. The summed E-state index contributed by atoms with van der Waals surface area (Å²) in [6, 6.07) is 24.4. The Labute approximate surface area is 185 Å². The molecule has 3 aromatic rings. The SMILES string of the molecule is COC(=O)C1=C(O)c2ccccc2O[C@@](C(=O)OC)(c2ccccc2)[C@@H]1c1ccccc1. The van der Waals surface area contributed by atoms with Crippen molar-refractivity contribution in [2.45, 2.75) is 11.5 Å². The van der Waals surface area contributed by atoms with Gasteiger partial charge in [-0.1, -0.05) is 72.8 Å². The van der Waals surface area contributed by atoms with Crippen molar-refractivity contribution in [2.24, 2.45) is 0 Å². The summed E-state index contributed by atoms with van der Waals surface area (Å²) in [5.74, 6) is -2.65. The topological polar surface area (TPSA) is 82.1 Å². The smallest absolute Gasteiger partial charge is 0.356 e. The molecule has 32 heavy (non-hydrogen) atoms.